The fourth-order valence-electron chi connectivity index (χ4n) is 4.24. The van der Waals surface area contributed by atoms with Crippen molar-refractivity contribution in [2.24, 2.45) is 4.99 Å². The Balaban J connectivity index is 1.49. The van der Waals surface area contributed by atoms with Crippen LogP contribution in [0.15, 0.2) is 29.3 Å². The molecular weight excluding hydrogens is 378 g/mol. The van der Waals surface area contributed by atoms with Gasteiger partial charge in [0.25, 0.3) is 0 Å². The Kier molecular flexibility index (Phi) is 9.27. The third kappa shape index (κ3) is 6.61. The molecule has 0 saturated carbocycles. The van der Waals surface area contributed by atoms with Gasteiger partial charge >= 0.3 is 0 Å². The summed E-state index contributed by atoms with van der Waals surface area (Å²) >= 11 is 0. The highest BCUT2D eigenvalue weighted by molar-refractivity contribution is 5.80. The predicted molar refractivity (Wildman–Crippen MR) is 122 cm³/mol. The molecular formula is C24H39N3O3. The summed E-state index contributed by atoms with van der Waals surface area (Å²) < 4.78 is 17.5. The van der Waals surface area contributed by atoms with E-state index >= 15 is 0 Å². The van der Waals surface area contributed by atoms with E-state index in [-0.39, 0.29) is 0 Å². The molecule has 0 bridgehead atoms. The van der Waals surface area contributed by atoms with Crippen LogP contribution in [0.3, 0.4) is 0 Å². The molecule has 0 spiro atoms. The Hall–Kier alpha value is -1.79. The normalized spacial score (nSPS) is 22.0. The van der Waals surface area contributed by atoms with Crippen LogP contribution in [0.25, 0.3) is 0 Å². The van der Waals surface area contributed by atoms with E-state index in [1.165, 1.54) is 18.4 Å². The number of rotatable bonds is 8. The molecule has 2 fully saturated rings. The Labute approximate surface area is 182 Å². The zero-order valence-electron chi connectivity index (χ0n) is 18.9. The lowest BCUT2D eigenvalue weighted by Crippen LogP contribution is -2.47. The average molecular weight is 418 g/mol. The number of guanidine groups is 1. The molecule has 1 aromatic carbocycles. The number of nitrogens with one attached hydrogen (secondary N) is 1. The number of para-hydroxylation sites is 1. The van der Waals surface area contributed by atoms with Gasteiger partial charge in [0.05, 0.1) is 25.9 Å². The van der Waals surface area contributed by atoms with Gasteiger partial charge in [-0.25, -0.2) is 0 Å². The fraction of sp³-hybridized carbons (Fsp3) is 0.708. The molecule has 1 N–H and O–H groups in total. The van der Waals surface area contributed by atoms with Gasteiger partial charge in [0, 0.05) is 38.7 Å². The van der Waals surface area contributed by atoms with Gasteiger partial charge in [-0.05, 0) is 50.7 Å². The first-order valence-electron chi connectivity index (χ1n) is 11.6. The summed E-state index contributed by atoms with van der Waals surface area (Å²) in [5.74, 6) is 2.24. The van der Waals surface area contributed by atoms with Gasteiger partial charge in [-0.3, -0.25) is 4.99 Å². The first-order chi connectivity index (χ1) is 14.7. The third-order valence-electron chi connectivity index (χ3n) is 6.05. The topological polar surface area (TPSA) is 55.3 Å². The van der Waals surface area contributed by atoms with Crippen LogP contribution in [0.1, 0.15) is 57.4 Å². The van der Waals surface area contributed by atoms with Crippen molar-refractivity contribution < 1.29 is 14.2 Å². The van der Waals surface area contributed by atoms with Gasteiger partial charge in [-0.2, -0.15) is 0 Å². The first kappa shape index (κ1) is 22.9. The first-order valence-corrected chi connectivity index (χ1v) is 11.6. The Morgan fingerprint density at radius 3 is 2.73 bits per heavy atom. The summed E-state index contributed by atoms with van der Waals surface area (Å²) in [5.41, 5.74) is 1.21. The molecule has 2 heterocycles. The summed E-state index contributed by atoms with van der Waals surface area (Å²) in [5, 5.41) is 3.47. The highest BCUT2D eigenvalue weighted by Gasteiger charge is 2.24. The number of benzene rings is 1. The van der Waals surface area contributed by atoms with E-state index in [4.69, 9.17) is 19.2 Å². The largest absolute Gasteiger partial charge is 0.496 e. The van der Waals surface area contributed by atoms with Gasteiger partial charge in [-0.1, -0.05) is 25.1 Å². The summed E-state index contributed by atoms with van der Waals surface area (Å²) in [6, 6.07) is 8.22. The van der Waals surface area contributed by atoms with Gasteiger partial charge in [0.2, 0.25) is 0 Å². The highest BCUT2D eigenvalue weighted by Crippen LogP contribution is 2.26. The zero-order valence-corrected chi connectivity index (χ0v) is 18.9. The minimum Gasteiger partial charge on any atom is -0.496 e. The number of piperidine rings is 1. The number of likely N-dealkylation sites (tertiary alicyclic amines) is 1. The number of hydrogen-bond acceptors (Lipinski definition) is 4. The molecule has 1 aromatic rings. The second-order valence-electron chi connectivity index (χ2n) is 8.35. The minimum atomic E-state index is 0.297. The van der Waals surface area contributed by atoms with Crippen molar-refractivity contribution in [2.45, 2.75) is 64.1 Å². The van der Waals surface area contributed by atoms with Crippen LogP contribution in [-0.2, 0) is 9.47 Å². The van der Waals surface area contributed by atoms with E-state index in [9.17, 15) is 0 Å². The van der Waals surface area contributed by atoms with Crippen LogP contribution in [0.5, 0.6) is 5.75 Å². The van der Waals surface area contributed by atoms with Crippen molar-refractivity contribution in [1.82, 2.24) is 10.2 Å². The van der Waals surface area contributed by atoms with Crippen LogP contribution in [-0.4, -0.2) is 69.6 Å². The molecule has 2 saturated heterocycles. The van der Waals surface area contributed by atoms with Crippen molar-refractivity contribution in [3.63, 3.8) is 0 Å². The van der Waals surface area contributed by atoms with Crippen molar-refractivity contribution in [3.05, 3.63) is 29.8 Å². The second kappa shape index (κ2) is 12.2. The number of nitrogens with zero attached hydrogens (tertiary/aromatic N) is 2. The molecule has 2 aliphatic heterocycles. The van der Waals surface area contributed by atoms with Crippen LogP contribution < -0.4 is 10.1 Å². The smallest absolute Gasteiger partial charge is 0.193 e. The molecule has 2 aliphatic rings. The predicted octanol–water partition coefficient (Wildman–Crippen LogP) is 3.81. The van der Waals surface area contributed by atoms with E-state index in [0.717, 1.165) is 70.4 Å². The molecule has 0 aliphatic carbocycles. The molecule has 0 radical (unpaired) electrons. The Morgan fingerprint density at radius 2 is 2.03 bits per heavy atom. The summed E-state index contributed by atoms with van der Waals surface area (Å²) in [4.78, 5) is 7.32. The Morgan fingerprint density at radius 1 is 1.23 bits per heavy atom. The van der Waals surface area contributed by atoms with E-state index in [2.05, 4.69) is 36.2 Å². The molecule has 2 unspecified atom stereocenters. The maximum absolute atomic E-state index is 6.17. The van der Waals surface area contributed by atoms with Gasteiger partial charge in [-0.15, -0.1) is 0 Å². The van der Waals surface area contributed by atoms with Gasteiger partial charge in [0.15, 0.2) is 5.96 Å². The number of methoxy groups -OCH3 is 1. The highest BCUT2D eigenvalue weighted by atomic mass is 16.5. The average Bonchev–Trinajstić information content (AvgIpc) is 2.81. The molecule has 3 rings (SSSR count). The number of aliphatic imine (C=N–C) groups is 1. The second-order valence-corrected chi connectivity index (χ2v) is 8.35. The standard InChI is InChI=1S/C24H39N3O3/c1-4-25-24(26-17-19(2)22-10-5-6-11-23(22)28-3)27-14-12-20(13-15-27)30-18-21-9-7-8-16-29-21/h5-6,10-11,19-21H,4,7-9,12-18H2,1-3H3,(H,25,26). The summed E-state index contributed by atoms with van der Waals surface area (Å²) in [6.45, 7) is 9.53. The van der Waals surface area contributed by atoms with Crippen molar-refractivity contribution >= 4 is 5.96 Å². The van der Waals surface area contributed by atoms with E-state index in [0.29, 0.717) is 18.1 Å². The quantitative estimate of drug-likeness (QED) is 0.515. The number of hydrogen-bond donors (Lipinski definition) is 1. The maximum Gasteiger partial charge on any atom is 0.193 e. The molecule has 30 heavy (non-hydrogen) atoms. The van der Waals surface area contributed by atoms with Gasteiger partial charge < -0.3 is 24.4 Å². The van der Waals surface area contributed by atoms with Crippen molar-refractivity contribution in [1.29, 1.82) is 0 Å². The Bertz CT molecular complexity index is 653. The van der Waals surface area contributed by atoms with Crippen molar-refractivity contribution in [2.75, 3.05) is 46.5 Å². The monoisotopic (exact) mass is 417 g/mol. The lowest BCUT2D eigenvalue weighted by molar-refractivity contribution is -0.0721. The summed E-state index contributed by atoms with van der Waals surface area (Å²) in [6.07, 6.45) is 6.31. The fourth-order valence-corrected chi connectivity index (χ4v) is 4.24. The maximum atomic E-state index is 6.17. The molecule has 0 aromatic heterocycles. The van der Waals surface area contributed by atoms with E-state index in [1.54, 1.807) is 7.11 Å². The van der Waals surface area contributed by atoms with Crippen molar-refractivity contribution in [3.8, 4) is 5.75 Å². The van der Waals surface area contributed by atoms with E-state index < -0.39 is 0 Å². The van der Waals surface area contributed by atoms with Crippen LogP contribution in [0.4, 0.5) is 0 Å². The van der Waals surface area contributed by atoms with Crippen LogP contribution >= 0.6 is 0 Å². The molecule has 0 amide bonds. The molecule has 6 nitrogen and oxygen atoms in total. The summed E-state index contributed by atoms with van der Waals surface area (Å²) in [7, 11) is 1.73. The lowest BCUT2D eigenvalue weighted by Gasteiger charge is -2.35. The zero-order chi connectivity index (χ0) is 21.2. The SMILES string of the molecule is CCNC(=NCC(C)c1ccccc1OC)N1CCC(OCC2CCCCO2)CC1. The number of ether oxygens (including phenoxy) is 3. The molecule has 6 heteroatoms. The van der Waals surface area contributed by atoms with Crippen LogP contribution in [0, 0.1) is 0 Å². The lowest BCUT2D eigenvalue weighted by atomic mass is 10.0. The van der Waals surface area contributed by atoms with Crippen LogP contribution in [0.2, 0.25) is 0 Å². The van der Waals surface area contributed by atoms with E-state index in [1.807, 2.05) is 12.1 Å². The molecule has 2 atom stereocenters. The third-order valence-corrected chi connectivity index (χ3v) is 6.05. The van der Waals surface area contributed by atoms with Gasteiger partial charge in [0.1, 0.15) is 5.75 Å². The molecule has 168 valence electrons. The minimum absolute atomic E-state index is 0.297.